The lowest BCUT2D eigenvalue weighted by Gasteiger charge is -2.46. The van der Waals surface area contributed by atoms with E-state index in [4.69, 9.17) is 9.47 Å². The highest BCUT2D eigenvalue weighted by atomic mass is 28.3. The van der Waals surface area contributed by atoms with Crippen molar-refractivity contribution in [2.45, 2.75) is 57.0 Å². The largest absolute Gasteiger partial charge is 0.445 e. The van der Waals surface area contributed by atoms with Crippen LogP contribution in [0.2, 0.25) is 25.7 Å². The molecule has 0 aliphatic carbocycles. The topological polar surface area (TPSA) is 72.0 Å². The zero-order chi connectivity index (χ0) is 24.2. The van der Waals surface area contributed by atoms with Crippen molar-refractivity contribution in [1.29, 1.82) is 0 Å². The summed E-state index contributed by atoms with van der Waals surface area (Å²) < 4.78 is 11.4. The highest BCUT2D eigenvalue weighted by Crippen LogP contribution is 2.46. The summed E-state index contributed by atoms with van der Waals surface area (Å²) in [6, 6.07) is 14.8. The van der Waals surface area contributed by atoms with Crippen LogP contribution in [0.3, 0.4) is 0 Å². The van der Waals surface area contributed by atoms with Gasteiger partial charge in [-0.15, -0.1) is 0 Å². The predicted octanol–water partition coefficient (Wildman–Crippen LogP) is 4.80. The molecule has 2 aliphatic rings. The fraction of sp³-hybridized carbons (Fsp3) is 0.500. The number of piperidine rings is 1. The molecule has 2 amide bonds. The number of carbonyl (C=O) groups is 2. The minimum absolute atomic E-state index is 0.0410. The molecular formula is C26H35N3O4Si. The minimum Gasteiger partial charge on any atom is -0.445 e. The predicted molar refractivity (Wildman–Crippen MR) is 134 cm³/mol. The van der Waals surface area contributed by atoms with Gasteiger partial charge in [-0.25, -0.2) is 9.78 Å². The zero-order valence-corrected chi connectivity index (χ0v) is 21.5. The van der Waals surface area contributed by atoms with Crippen LogP contribution in [0.4, 0.5) is 10.6 Å². The molecule has 0 bridgehead atoms. The lowest BCUT2D eigenvalue weighted by molar-refractivity contribution is -0.122. The first kappa shape index (κ1) is 24.4. The average molecular weight is 482 g/mol. The molecule has 3 heterocycles. The van der Waals surface area contributed by atoms with Crippen LogP contribution in [0, 0.1) is 0 Å². The Balaban J connectivity index is 1.39. The van der Waals surface area contributed by atoms with Gasteiger partial charge in [0.15, 0.2) is 0 Å². The lowest BCUT2D eigenvalue weighted by Crippen LogP contribution is -2.51. The maximum atomic E-state index is 13.2. The Hall–Kier alpha value is -2.71. The number of benzene rings is 1. The van der Waals surface area contributed by atoms with Gasteiger partial charge in [-0.2, -0.15) is 0 Å². The Bertz CT molecular complexity index is 1000. The molecule has 0 unspecified atom stereocenters. The highest BCUT2D eigenvalue weighted by molar-refractivity contribution is 6.76. The van der Waals surface area contributed by atoms with Gasteiger partial charge in [0, 0.05) is 51.4 Å². The summed E-state index contributed by atoms with van der Waals surface area (Å²) in [6.45, 7) is 9.21. The van der Waals surface area contributed by atoms with Gasteiger partial charge in [0.1, 0.15) is 19.2 Å². The van der Waals surface area contributed by atoms with Crippen molar-refractivity contribution in [1.82, 2.24) is 9.88 Å². The van der Waals surface area contributed by atoms with Crippen LogP contribution in [-0.2, 0) is 26.3 Å². The quantitative estimate of drug-likeness (QED) is 0.420. The second-order valence-corrected chi connectivity index (χ2v) is 16.2. The Morgan fingerprint density at radius 3 is 2.53 bits per heavy atom. The van der Waals surface area contributed by atoms with Crippen LogP contribution in [0.15, 0.2) is 48.7 Å². The number of anilines is 1. The van der Waals surface area contributed by atoms with E-state index in [1.807, 2.05) is 36.4 Å². The van der Waals surface area contributed by atoms with E-state index in [-0.39, 0.29) is 30.8 Å². The van der Waals surface area contributed by atoms with Gasteiger partial charge in [-0.3, -0.25) is 9.69 Å². The van der Waals surface area contributed by atoms with E-state index < -0.39 is 8.07 Å². The van der Waals surface area contributed by atoms with Gasteiger partial charge in [0.05, 0.1) is 0 Å². The van der Waals surface area contributed by atoms with Crippen molar-refractivity contribution >= 4 is 25.9 Å². The van der Waals surface area contributed by atoms with Crippen molar-refractivity contribution in [3.8, 4) is 0 Å². The van der Waals surface area contributed by atoms with E-state index in [2.05, 4.69) is 30.7 Å². The van der Waals surface area contributed by atoms with Crippen molar-refractivity contribution in [2.75, 3.05) is 31.3 Å². The third-order valence-electron chi connectivity index (χ3n) is 6.81. The van der Waals surface area contributed by atoms with Crippen LogP contribution in [0.5, 0.6) is 0 Å². The fourth-order valence-corrected chi connectivity index (χ4v) is 5.42. The molecule has 1 saturated heterocycles. The first-order chi connectivity index (χ1) is 16.3. The number of ether oxygens (including phenoxy) is 2. The summed E-state index contributed by atoms with van der Waals surface area (Å²) in [4.78, 5) is 33.8. The van der Waals surface area contributed by atoms with E-state index in [1.54, 1.807) is 16.0 Å². The van der Waals surface area contributed by atoms with E-state index in [1.165, 1.54) is 0 Å². The number of likely N-dealkylation sites (tertiary alicyclic amines) is 1. The van der Waals surface area contributed by atoms with Gasteiger partial charge in [0.2, 0.25) is 5.91 Å². The Morgan fingerprint density at radius 2 is 1.82 bits per heavy atom. The van der Waals surface area contributed by atoms with Crippen molar-refractivity contribution in [2.24, 2.45) is 0 Å². The number of fused-ring (bicyclic) bond motifs is 2. The Kier molecular flexibility index (Phi) is 7.38. The van der Waals surface area contributed by atoms with Gasteiger partial charge < -0.3 is 14.4 Å². The first-order valence-corrected chi connectivity index (χ1v) is 15.8. The van der Waals surface area contributed by atoms with Crippen LogP contribution >= 0.6 is 0 Å². The molecule has 1 aromatic heterocycles. The third-order valence-corrected chi connectivity index (χ3v) is 8.51. The summed E-state index contributed by atoms with van der Waals surface area (Å²) in [6.07, 6.45) is 3.26. The average Bonchev–Trinajstić information content (AvgIpc) is 2.82. The molecule has 34 heavy (non-hydrogen) atoms. The molecule has 8 heteroatoms. The van der Waals surface area contributed by atoms with Gasteiger partial charge in [-0.05, 0) is 30.5 Å². The Morgan fingerprint density at radius 1 is 1.09 bits per heavy atom. The molecule has 0 atom stereocenters. The second-order valence-electron chi connectivity index (χ2n) is 10.5. The molecule has 0 N–H and O–H groups in total. The number of carbonyl (C=O) groups excluding carboxylic acids is 2. The smallest absolute Gasteiger partial charge is 0.410 e. The molecule has 2 aliphatic heterocycles. The maximum Gasteiger partial charge on any atom is 0.410 e. The normalized spacial score (nSPS) is 17.6. The standard InChI is InChI=1S/C26H35N3O4Si/c1-34(2,3)17-16-32-20-29-23(30)18-26(22-10-7-13-27-24(22)29)11-14-28(15-12-26)25(31)33-19-21-8-5-4-6-9-21/h4-10,13H,11-12,14-20H2,1-3H3. The highest BCUT2D eigenvalue weighted by Gasteiger charge is 2.46. The zero-order valence-electron chi connectivity index (χ0n) is 20.5. The number of nitrogens with zero attached hydrogens (tertiary/aromatic N) is 3. The van der Waals surface area contributed by atoms with Gasteiger partial charge >= 0.3 is 6.09 Å². The van der Waals surface area contributed by atoms with Gasteiger partial charge in [0.25, 0.3) is 0 Å². The number of rotatable bonds is 7. The van der Waals surface area contributed by atoms with Crippen molar-refractivity contribution in [3.05, 3.63) is 59.8 Å². The molecule has 182 valence electrons. The molecular weight excluding hydrogens is 446 g/mol. The summed E-state index contributed by atoms with van der Waals surface area (Å²) in [7, 11) is -1.19. The Labute approximate surface area is 203 Å². The molecule has 0 radical (unpaired) electrons. The summed E-state index contributed by atoms with van der Waals surface area (Å²) >= 11 is 0. The third kappa shape index (κ3) is 5.67. The first-order valence-electron chi connectivity index (χ1n) is 12.1. The molecule has 4 rings (SSSR count). The molecule has 1 aromatic carbocycles. The minimum atomic E-state index is -1.19. The molecule has 2 aromatic rings. The number of hydrogen-bond acceptors (Lipinski definition) is 5. The lowest BCUT2D eigenvalue weighted by atomic mass is 9.68. The van der Waals surface area contributed by atoms with Crippen molar-refractivity contribution < 1.29 is 19.1 Å². The van der Waals surface area contributed by atoms with Crippen molar-refractivity contribution in [3.63, 3.8) is 0 Å². The van der Waals surface area contributed by atoms with E-state index in [0.29, 0.717) is 44.8 Å². The molecule has 1 spiro atoms. The molecule has 0 saturated carbocycles. The molecule has 1 fully saturated rings. The number of hydrogen-bond donors (Lipinski definition) is 0. The maximum absolute atomic E-state index is 13.2. The second kappa shape index (κ2) is 10.3. The monoisotopic (exact) mass is 481 g/mol. The van der Waals surface area contributed by atoms with E-state index in [9.17, 15) is 9.59 Å². The van der Waals surface area contributed by atoms with Gasteiger partial charge in [-0.1, -0.05) is 56.0 Å². The number of aromatic nitrogens is 1. The van der Waals surface area contributed by atoms with Crippen LogP contribution in [0.25, 0.3) is 0 Å². The fourth-order valence-electron chi connectivity index (χ4n) is 4.67. The summed E-state index contributed by atoms with van der Waals surface area (Å²) in [5.41, 5.74) is 1.75. The van der Waals surface area contributed by atoms with Crippen LogP contribution < -0.4 is 4.90 Å². The number of amides is 2. The van der Waals surface area contributed by atoms with Crippen LogP contribution in [0.1, 0.15) is 30.4 Å². The summed E-state index contributed by atoms with van der Waals surface area (Å²) in [5, 5.41) is 0. The van der Waals surface area contributed by atoms with E-state index in [0.717, 1.165) is 17.2 Å². The van der Waals surface area contributed by atoms with Crippen LogP contribution in [-0.4, -0.2) is 56.4 Å². The molecule has 7 nitrogen and oxygen atoms in total. The SMILES string of the molecule is C[Si](C)(C)CCOCN1C(=O)CC2(CCN(C(=O)OCc3ccccc3)CC2)c2cccnc21. The van der Waals surface area contributed by atoms with E-state index >= 15 is 0 Å². The summed E-state index contributed by atoms with van der Waals surface area (Å²) in [5.74, 6) is 0.742. The number of pyridine rings is 1.